The summed E-state index contributed by atoms with van der Waals surface area (Å²) < 4.78 is 19.1. The van der Waals surface area contributed by atoms with Gasteiger partial charge in [-0.1, -0.05) is 22.9 Å². The maximum absolute atomic E-state index is 12.9. The van der Waals surface area contributed by atoms with Gasteiger partial charge in [0.2, 0.25) is 0 Å². The molecule has 0 spiro atoms. The molecule has 29 heavy (non-hydrogen) atoms. The molecule has 2 aromatic carbocycles. The third-order valence-electron chi connectivity index (χ3n) is 4.52. The second-order valence-electron chi connectivity index (χ2n) is 6.24. The first-order chi connectivity index (χ1) is 14.0. The van der Waals surface area contributed by atoms with Crippen LogP contribution in [0.15, 0.2) is 35.3 Å². The fraction of sp³-hybridized carbons (Fsp3) is 0.333. The predicted molar refractivity (Wildman–Crippen MR) is 115 cm³/mol. The minimum absolute atomic E-state index is 0.355. The molecule has 0 aliphatic carbocycles. The molecule has 3 rings (SSSR count). The number of carbonyl (C=O) groups is 1. The van der Waals surface area contributed by atoms with Gasteiger partial charge in [-0.15, -0.1) is 0 Å². The van der Waals surface area contributed by atoms with Gasteiger partial charge in [0, 0.05) is 23.7 Å². The third kappa shape index (κ3) is 4.47. The zero-order valence-corrected chi connectivity index (χ0v) is 18.4. The van der Waals surface area contributed by atoms with E-state index >= 15 is 0 Å². The maximum atomic E-state index is 12.9. The minimum atomic E-state index is -0.355. The molecule has 6 nitrogen and oxygen atoms in total. The molecule has 3 aromatic rings. The van der Waals surface area contributed by atoms with Gasteiger partial charge < -0.3 is 18.8 Å². The summed E-state index contributed by atoms with van der Waals surface area (Å²) in [6.45, 7) is 5.64. The van der Waals surface area contributed by atoms with Gasteiger partial charge in [0.05, 0.1) is 31.0 Å². The van der Waals surface area contributed by atoms with E-state index in [1.54, 1.807) is 25.3 Å². The van der Waals surface area contributed by atoms with Crippen molar-refractivity contribution in [1.29, 1.82) is 0 Å². The van der Waals surface area contributed by atoms with Crippen LogP contribution < -0.4 is 14.3 Å². The summed E-state index contributed by atoms with van der Waals surface area (Å²) in [7, 11) is 3.08. The van der Waals surface area contributed by atoms with Crippen molar-refractivity contribution in [3.63, 3.8) is 0 Å². The molecule has 1 aromatic heterocycles. The molecule has 154 valence electrons. The number of nitrogens with zero attached hydrogens (tertiary/aromatic N) is 2. The van der Waals surface area contributed by atoms with Crippen molar-refractivity contribution in [2.75, 3.05) is 27.4 Å². The number of methoxy groups -OCH3 is 2. The van der Waals surface area contributed by atoms with Crippen LogP contribution >= 0.6 is 22.9 Å². The highest BCUT2D eigenvalue weighted by molar-refractivity contribution is 7.16. The number of benzene rings is 2. The number of carbonyl (C=O) groups excluding carboxylic acids is 1. The summed E-state index contributed by atoms with van der Waals surface area (Å²) >= 11 is 7.78. The largest absolute Gasteiger partial charge is 0.493 e. The number of fused-ring (bicyclic) bond motifs is 1. The van der Waals surface area contributed by atoms with E-state index in [4.69, 9.17) is 25.8 Å². The van der Waals surface area contributed by atoms with Crippen molar-refractivity contribution in [3.05, 3.63) is 51.3 Å². The SMILES string of the molecule is CCOCCn1c(=NC(=O)c2ccc(OC)c(OC)c2)sc2ccc(Cl)c(C)c21. The molecule has 0 aliphatic heterocycles. The third-order valence-corrected chi connectivity index (χ3v) is 5.97. The van der Waals surface area contributed by atoms with Crippen LogP contribution in [0.2, 0.25) is 5.02 Å². The van der Waals surface area contributed by atoms with Crippen molar-refractivity contribution < 1.29 is 19.0 Å². The minimum Gasteiger partial charge on any atom is -0.493 e. The van der Waals surface area contributed by atoms with Crippen molar-refractivity contribution in [2.24, 2.45) is 4.99 Å². The molecule has 0 saturated carbocycles. The van der Waals surface area contributed by atoms with E-state index in [0.29, 0.717) is 46.6 Å². The summed E-state index contributed by atoms with van der Waals surface area (Å²) in [6.07, 6.45) is 0. The number of rotatable bonds is 7. The Bertz CT molecular complexity index is 1100. The highest BCUT2D eigenvalue weighted by Gasteiger charge is 2.14. The first-order valence-electron chi connectivity index (χ1n) is 9.17. The Balaban J connectivity index is 2.10. The first kappa shape index (κ1) is 21.4. The molecule has 0 unspecified atom stereocenters. The molecular formula is C21H23ClN2O4S. The molecular weight excluding hydrogens is 412 g/mol. The normalized spacial score (nSPS) is 11.8. The molecule has 0 radical (unpaired) electrons. The second-order valence-corrected chi connectivity index (χ2v) is 7.66. The fourth-order valence-electron chi connectivity index (χ4n) is 3.03. The number of ether oxygens (including phenoxy) is 3. The Kier molecular flexibility index (Phi) is 6.95. The van der Waals surface area contributed by atoms with Crippen LogP contribution in [0, 0.1) is 6.92 Å². The van der Waals surface area contributed by atoms with Gasteiger partial charge in [-0.2, -0.15) is 4.99 Å². The number of thiazole rings is 1. The molecule has 1 amide bonds. The van der Waals surface area contributed by atoms with E-state index in [9.17, 15) is 4.79 Å². The average Bonchev–Trinajstić information content (AvgIpc) is 3.08. The summed E-state index contributed by atoms with van der Waals surface area (Å²) in [5.74, 6) is 0.686. The summed E-state index contributed by atoms with van der Waals surface area (Å²) in [4.78, 5) is 17.9. The van der Waals surface area contributed by atoms with Gasteiger partial charge in [-0.25, -0.2) is 0 Å². The van der Waals surface area contributed by atoms with Gasteiger partial charge in [0.1, 0.15) is 0 Å². The Morgan fingerprint density at radius 3 is 2.62 bits per heavy atom. The topological polar surface area (TPSA) is 62.1 Å². The molecule has 0 bridgehead atoms. The molecule has 0 atom stereocenters. The Morgan fingerprint density at radius 2 is 1.93 bits per heavy atom. The number of halogens is 1. The van der Waals surface area contributed by atoms with Crippen LogP contribution in [-0.4, -0.2) is 37.9 Å². The van der Waals surface area contributed by atoms with E-state index in [-0.39, 0.29) is 5.91 Å². The van der Waals surface area contributed by atoms with Crippen molar-refractivity contribution in [3.8, 4) is 11.5 Å². The number of hydrogen-bond donors (Lipinski definition) is 0. The van der Waals surface area contributed by atoms with Crippen molar-refractivity contribution in [2.45, 2.75) is 20.4 Å². The molecule has 0 saturated heterocycles. The zero-order chi connectivity index (χ0) is 21.0. The van der Waals surface area contributed by atoms with E-state index in [1.165, 1.54) is 18.4 Å². The van der Waals surface area contributed by atoms with Crippen LogP contribution in [-0.2, 0) is 11.3 Å². The lowest BCUT2D eigenvalue weighted by atomic mass is 10.2. The predicted octanol–water partition coefficient (Wildman–Crippen LogP) is 4.46. The van der Waals surface area contributed by atoms with Gasteiger partial charge in [0.25, 0.3) is 5.91 Å². The van der Waals surface area contributed by atoms with Crippen LogP contribution in [0.25, 0.3) is 10.2 Å². The zero-order valence-electron chi connectivity index (χ0n) is 16.8. The lowest BCUT2D eigenvalue weighted by Gasteiger charge is -2.09. The van der Waals surface area contributed by atoms with Crippen LogP contribution in [0.4, 0.5) is 0 Å². The molecule has 8 heteroatoms. The molecule has 0 N–H and O–H groups in total. The first-order valence-corrected chi connectivity index (χ1v) is 10.4. The van der Waals surface area contributed by atoms with E-state index in [2.05, 4.69) is 4.99 Å². The quantitative estimate of drug-likeness (QED) is 0.515. The summed E-state index contributed by atoms with van der Waals surface area (Å²) in [5.41, 5.74) is 2.35. The van der Waals surface area contributed by atoms with E-state index < -0.39 is 0 Å². The van der Waals surface area contributed by atoms with Gasteiger partial charge in [0.15, 0.2) is 16.3 Å². The lowest BCUT2D eigenvalue weighted by Crippen LogP contribution is -2.20. The lowest BCUT2D eigenvalue weighted by molar-refractivity contribution is 0.0996. The molecule has 0 aliphatic rings. The monoisotopic (exact) mass is 434 g/mol. The Hall–Kier alpha value is -2.35. The number of hydrogen-bond acceptors (Lipinski definition) is 5. The van der Waals surface area contributed by atoms with Crippen molar-refractivity contribution in [1.82, 2.24) is 4.57 Å². The van der Waals surface area contributed by atoms with E-state index in [0.717, 1.165) is 15.8 Å². The average molecular weight is 435 g/mol. The Morgan fingerprint density at radius 1 is 1.17 bits per heavy atom. The smallest absolute Gasteiger partial charge is 0.279 e. The summed E-state index contributed by atoms with van der Waals surface area (Å²) in [6, 6.07) is 8.81. The molecule has 1 heterocycles. The highest BCUT2D eigenvalue weighted by Crippen LogP contribution is 2.29. The summed E-state index contributed by atoms with van der Waals surface area (Å²) in [5, 5.41) is 0.679. The Labute approximate surface area is 178 Å². The van der Waals surface area contributed by atoms with Crippen LogP contribution in [0.5, 0.6) is 11.5 Å². The van der Waals surface area contributed by atoms with Gasteiger partial charge >= 0.3 is 0 Å². The molecule has 0 fully saturated rings. The second kappa shape index (κ2) is 9.43. The number of amides is 1. The maximum Gasteiger partial charge on any atom is 0.279 e. The van der Waals surface area contributed by atoms with Crippen LogP contribution in [0.3, 0.4) is 0 Å². The number of aromatic nitrogens is 1. The standard InChI is InChI=1S/C21H23ClN2O4S/c1-5-28-11-10-24-19-13(2)15(22)7-9-18(19)29-21(24)23-20(25)14-6-8-16(26-3)17(12-14)27-4/h6-9,12H,5,10-11H2,1-4H3. The van der Waals surface area contributed by atoms with E-state index in [1.807, 2.05) is 30.5 Å². The fourth-order valence-corrected chi connectivity index (χ4v) is 4.30. The number of aryl methyl sites for hydroxylation is 1. The highest BCUT2D eigenvalue weighted by atomic mass is 35.5. The van der Waals surface area contributed by atoms with Gasteiger partial charge in [-0.3, -0.25) is 4.79 Å². The van der Waals surface area contributed by atoms with Crippen molar-refractivity contribution >= 4 is 39.1 Å². The van der Waals surface area contributed by atoms with Crippen LogP contribution in [0.1, 0.15) is 22.8 Å². The van der Waals surface area contributed by atoms with Gasteiger partial charge in [-0.05, 0) is 49.7 Å².